The molecule has 2 rings (SSSR count). The number of carboxylic acids is 1. The number of benzene rings is 1. The van der Waals surface area contributed by atoms with Gasteiger partial charge in [0.2, 0.25) is 0 Å². The van der Waals surface area contributed by atoms with Crippen LogP contribution in [0, 0.1) is 12.7 Å². The standard InChI is InChI=1S/C12H11FO3/c1-6(12(14)15)11-7(2)16-10-4-3-8(13)5-9(10)11/h3-6H,1-2H3,(H,14,15). The summed E-state index contributed by atoms with van der Waals surface area (Å²) in [6.45, 7) is 3.25. The second-order valence-electron chi connectivity index (χ2n) is 3.77. The van der Waals surface area contributed by atoms with Gasteiger partial charge in [-0.25, -0.2) is 4.39 Å². The number of carboxylic acid groups (broad SMARTS) is 1. The predicted octanol–water partition coefficient (Wildman–Crippen LogP) is 3.07. The lowest BCUT2D eigenvalue weighted by molar-refractivity contribution is -0.138. The third-order valence-corrected chi connectivity index (χ3v) is 2.68. The highest BCUT2D eigenvalue weighted by molar-refractivity contribution is 5.88. The number of hydrogen-bond donors (Lipinski definition) is 1. The summed E-state index contributed by atoms with van der Waals surface area (Å²) in [4.78, 5) is 10.9. The minimum absolute atomic E-state index is 0.396. The van der Waals surface area contributed by atoms with Gasteiger partial charge in [0.1, 0.15) is 17.2 Å². The van der Waals surface area contributed by atoms with Crippen molar-refractivity contribution in [2.75, 3.05) is 0 Å². The Balaban J connectivity index is 2.72. The highest BCUT2D eigenvalue weighted by Gasteiger charge is 2.22. The zero-order valence-corrected chi connectivity index (χ0v) is 8.95. The lowest BCUT2D eigenvalue weighted by Gasteiger charge is -2.04. The predicted molar refractivity (Wildman–Crippen MR) is 57.0 cm³/mol. The van der Waals surface area contributed by atoms with Gasteiger partial charge in [0.25, 0.3) is 0 Å². The molecule has 1 aromatic heterocycles. The Morgan fingerprint density at radius 3 is 2.81 bits per heavy atom. The van der Waals surface area contributed by atoms with E-state index in [2.05, 4.69) is 0 Å². The molecular formula is C12H11FO3. The second kappa shape index (κ2) is 3.63. The molecule has 0 amide bonds. The number of aliphatic carboxylic acids is 1. The summed E-state index contributed by atoms with van der Waals surface area (Å²) in [5.74, 6) is -1.53. The van der Waals surface area contributed by atoms with Gasteiger partial charge in [0.05, 0.1) is 5.92 Å². The summed E-state index contributed by atoms with van der Waals surface area (Å²) in [5, 5.41) is 9.51. The maximum atomic E-state index is 13.1. The van der Waals surface area contributed by atoms with Crippen molar-refractivity contribution in [3.8, 4) is 0 Å². The molecule has 0 radical (unpaired) electrons. The van der Waals surface area contributed by atoms with E-state index in [0.717, 1.165) is 0 Å². The number of halogens is 1. The molecule has 0 aliphatic carbocycles. The molecule has 0 bridgehead atoms. The second-order valence-corrected chi connectivity index (χ2v) is 3.77. The molecule has 1 unspecified atom stereocenters. The van der Waals surface area contributed by atoms with Gasteiger partial charge in [0.15, 0.2) is 0 Å². The molecule has 0 saturated carbocycles. The highest BCUT2D eigenvalue weighted by Crippen LogP contribution is 2.32. The van der Waals surface area contributed by atoms with E-state index >= 15 is 0 Å². The molecule has 16 heavy (non-hydrogen) atoms. The monoisotopic (exact) mass is 222 g/mol. The summed E-state index contributed by atoms with van der Waals surface area (Å²) in [5.41, 5.74) is 1.06. The lowest BCUT2D eigenvalue weighted by atomic mass is 9.98. The van der Waals surface area contributed by atoms with Gasteiger partial charge in [-0.05, 0) is 32.0 Å². The van der Waals surface area contributed by atoms with Crippen molar-refractivity contribution < 1.29 is 18.7 Å². The zero-order valence-electron chi connectivity index (χ0n) is 8.95. The summed E-state index contributed by atoms with van der Waals surface area (Å²) in [7, 11) is 0. The molecule has 4 heteroatoms. The molecule has 84 valence electrons. The normalized spacial score (nSPS) is 12.9. The first-order valence-electron chi connectivity index (χ1n) is 4.92. The molecule has 0 fully saturated rings. The SMILES string of the molecule is Cc1oc2ccc(F)cc2c1C(C)C(=O)O. The van der Waals surface area contributed by atoms with Crippen molar-refractivity contribution >= 4 is 16.9 Å². The van der Waals surface area contributed by atoms with Crippen molar-refractivity contribution in [3.63, 3.8) is 0 Å². The molecule has 0 spiro atoms. The number of fused-ring (bicyclic) bond motifs is 1. The minimum atomic E-state index is -0.949. The minimum Gasteiger partial charge on any atom is -0.481 e. The molecule has 1 heterocycles. The first-order chi connectivity index (χ1) is 7.50. The third kappa shape index (κ3) is 1.56. The Hall–Kier alpha value is -1.84. The fraction of sp³-hybridized carbons (Fsp3) is 0.250. The van der Waals surface area contributed by atoms with Gasteiger partial charge in [-0.3, -0.25) is 4.79 Å². The summed E-state index contributed by atoms with van der Waals surface area (Å²) >= 11 is 0. The van der Waals surface area contributed by atoms with Crippen LogP contribution in [0.25, 0.3) is 11.0 Å². The largest absolute Gasteiger partial charge is 0.481 e. The molecule has 1 aromatic carbocycles. The Labute approximate surface area is 91.5 Å². The van der Waals surface area contributed by atoms with Gasteiger partial charge < -0.3 is 9.52 Å². The van der Waals surface area contributed by atoms with Crippen molar-refractivity contribution in [3.05, 3.63) is 35.3 Å². The summed E-state index contributed by atoms with van der Waals surface area (Å²) in [6.07, 6.45) is 0. The third-order valence-electron chi connectivity index (χ3n) is 2.68. The fourth-order valence-electron chi connectivity index (χ4n) is 1.87. The van der Waals surface area contributed by atoms with E-state index in [-0.39, 0.29) is 0 Å². The first-order valence-corrected chi connectivity index (χ1v) is 4.92. The van der Waals surface area contributed by atoms with Crippen LogP contribution in [-0.4, -0.2) is 11.1 Å². The molecule has 3 nitrogen and oxygen atoms in total. The van der Waals surface area contributed by atoms with Crippen LogP contribution in [0.1, 0.15) is 24.2 Å². The van der Waals surface area contributed by atoms with Crippen LogP contribution < -0.4 is 0 Å². The van der Waals surface area contributed by atoms with E-state index in [1.54, 1.807) is 13.8 Å². The van der Waals surface area contributed by atoms with Crippen LogP contribution in [0.5, 0.6) is 0 Å². The number of carbonyl (C=O) groups is 1. The number of hydrogen-bond acceptors (Lipinski definition) is 2. The van der Waals surface area contributed by atoms with Crippen molar-refractivity contribution in [1.29, 1.82) is 0 Å². The smallest absolute Gasteiger partial charge is 0.310 e. The summed E-state index contributed by atoms with van der Waals surface area (Å²) in [6, 6.07) is 4.11. The topological polar surface area (TPSA) is 50.4 Å². The van der Waals surface area contributed by atoms with E-state index in [1.165, 1.54) is 18.2 Å². The van der Waals surface area contributed by atoms with E-state index in [0.29, 0.717) is 22.3 Å². The van der Waals surface area contributed by atoms with Crippen LogP contribution >= 0.6 is 0 Å². The fourth-order valence-corrected chi connectivity index (χ4v) is 1.87. The van der Waals surface area contributed by atoms with Gasteiger partial charge >= 0.3 is 5.97 Å². The Morgan fingerprint density at radius 1 is 1.50 bits per heavy atom. The zero-order chi connectivity index (χ0) is 11.9. The van der Waals surface area contributed by atoms with Gasteiger partial charge in [0, 0.05) is 10.9 Å². The Bertz CT molecular complexity index is 557. The quantitative estimate of drug-likeness (QED) is 0.849. The lowest BCUT2D eigenvalue weighted by Crippen LogP contribution is -2.07. The molecule has 1 N–H and O–H groups in total. The van der Waals surface area contributed by atoms with E-state index in [1.807, 2.05) is 0 Å². The average molecular weight is 222 g/mol. The van der Waals surface area contributed by atoms with Crippen LogP contribution in [0.3, 0.4) is 0 Å². The van der Waals surface area contributed by atoms with Crippen molar-refractivity contribution in [1.82, 2.24) is 0 Å². The van der Waals surface area contributed by atoms with Crippen LogP contribution in [0.15, 0.2) is 22.6 Å². The number of rotatable bonds is 2. The number of aryl methyl sites for hydroxylation is 1. The maximum absolute atomic E-state index is 13.1. The van der Waals surface area contributed by atoms with Crippen molar-refractivity contribution in [2.24, 2.45) is 0 Å². The van der Waals surface area contributed by atoms with Gasteiger partial charge in [-0.15, -0.1) is 0 Å². The Morgan fingerprint density at radius 2 is 2.19 bits per heavy atom. The molecule has 0 aliphatic heterocycles. The number of furan rings is 1. The van der Waals surface area contributed by atoms with E-state index in [9.17, 15) is 9.18 Å². The van der Waals surface area contributed by atoms with E-state index in [4.69, 9.17) is 9.52 Å². The molecule has 1 atom stereocenters. The van der Waals surface area contributed by atoms with Crippen LogP contribution in [0.2, 0.25) is 0 Å². The highest BCUT2D eigenvalue weighted by atomic mass is 19.1. The van der Waals surface area contributed by atoms with E-state index < -0.39 is 17.7 Å². The summed E-state index contributed by atoms with van der Waals surface area (Å²) < 4.78 is 18.5. The van der Waals surface area contributed by atoms with Crippen molar-refractivity contribution in [2.45, 2.75) is 19.8 Å². The Kier molecular flexibility index (Phi) is 2.42. The molecule has 2 aromatic rings. The maximum Gasteiger partial charge on any atom is 0.310 e. The molecule has 0 saturated heterocycles. The molecule has 0 aliphatic rings. The first kappa shape index (κ1) is 10.7. The average Bonchev–Trinajstić information content (AvgIpc) is 2.52. The van der Waals surface area contributed by atoms with Crippen LogP contribution in [-0.2, 0) is 4.79 Å². The van der Waals surface area contributed by atoms with Gasteiger partial charge in [-0.1, -0.05) is 0 Å². The van der Waals surface area contributed by atoms with Crippen LogP contribution in [0.4, 0.5) is 4.39 Å². The molecular weight excluding hydrogens is 211 g/mol. The van der Waals surface area contributed by atoms with Gasteiger partial charge in [-0.2, -0.15) is 0 Å².